The lowest BCUT2D eigenvalue weighted by Gasteiger charge is -2.33. The van der Waals surface area contributed by atoms with Gasteiger partial charge in [-0.05, 0) is 55.2 Å². The quantitative estimate of drug-likeness (QED) is 0.704. The van der Waals surface area contributed by atoms with Gasteiger partial charge in [0.1, 0.15) is 5.75 Å². The van der Waals surface area contributed by atoms with E-state index in [4.69, 9.17) is 16.3 Å². The van der Waals surface area contributed by atoms with Gasteiger partial charge in [-0.25, -0.2) is 0 Å². The van der Waals surface area contributed by atoms with Crippen molar-refractivity contribution in [1.29, 1.82) is 0 Å². The standard InChI is InChI=1S/C22H27ClN2O2/c1-16(2)15-22(26)25-13-11-18(12-14-25)24-20-5-3-4-6-21(20)27-19-9-7-17(23)8-10-19/h3-10,16,18,24H,11-15H2,1-2H3. The summed E-state index contributed by atoms with van der Waals surface area (Å²) in [7, 11) is 0. The maximum Gasteiger partial charge on any atom is 0.222 e. The number of likely N-dealkylation sites (tertiary alicyclic amines) is 1. The number of halogens is 1. The Labute approximate surface area is 166 Å². The van der Waals surface area contributed by atoms with Crippen LogP contribution < -0.4 is 10.1 Å². The molecule has 1 N–H and O–H groups in total. The minimum atomic E-state index is 0.273. The number of anilines is 1. The van der Waals surface area contributed by atoms with Crippen molar-refractivity contribution in [3.8, 4) is 11.5 Å². The van der Waals surface area contributed by atoms with Gasteiger partial charge in [-0.15, -0.1) is 0 Å². The maximum absolute atomic E-state index is 12.2. The van der Waals surface area contributed by atoms with Crippen LogP contribution in [0.2, 0.25) is 5.02 Å². The molecule has 4 nitrogen and oxygen atoms in total. The lowest BCUT2D eigenvalue weighted by molar-refractivity contribution is -0.132. The predicted molar refractivity (Wildman–Crippen MR) is 111 cm³/mol. The topological polar surface area (TPSA) is 41.6 Å². The Hall–Kier alpha value is -2.20. The third-order valence-corrected chi connectivity index (χ3v) is 4.97. The number of nitrogens with one attached hydrogen (secondary N) is 1. The van der Waals surface area contributed by atoms with E-state index in [0.717, 1.165) is 43.1 Å². The van der Waals surface area contributed by atoms with E-state index in [9.17, 15) is 4.79 Å². The van der Waals surface area contributed by atoms with Crippen LogP contribution in [0.4, 0.5) is 5.69 Å². The number of piperidine rings is 1. The third kappa shape index (κ3) is 5.64. The van der Waals surface area contributed by atoms with E-state index in [1.165, 1.54) is 0 Å². The molecule has 0 aliphatic carbocycles. The molecule has 1 heterocycles. The third-order valence-electron chi connectivity index (χ3n) is 4.72. The van der Waals surface area contributed by atoms with Crippen molar-refractivity contribution in [2.24, 2.45) is 5.92 Å². The van der Waals surface area contributed by atoms with Crippen molar-refractivity contribution in [3.05, 3.63) is 53.6 Å². The van der Waals surface area contributed by atoms with Gasteiger partial charge in [0, 0.05) is 30.6 Å². The number of hydrogen-bond donors (Lipinski definition) is 1. The molecule has 5 heteroatoms. The molecule has 1 aliphatic heterocycles. The van der Waals surface area contributed by atoms with E-state index in [1.54, 1.807) is 0 Å². The Kier molecular flexibility index (Phi) is 6.62. The number of ether oxygens (including phenoxy) is 1. The van der Waals surface area contributed by atoms with E-state index in [0.29, 0.717) is 23.4 Å². The summed E-state index contributed by atoms with van der Waals surface area (Å²) in [5, 5.41) is 4.28. The minimum Gasteiger partial charge on any atom is -0.455 e. The van der Waals surface area contributed by atoms with Gasteiger partial charge in [0.05, 0.1) is 5.69 Å². The molecule has 0 aromatic heterocycles. The number of amides is 1. The Morgan fingerprint density at radius 2 is 1.81 bits per heavy atom. The molecule has 0 atom stereocenters. The van der Waals surface area contributed by atoms with Gasteiger partial charge in [0.25, 0.3) is 0 Å². The van der Waals surface area contributed by atoms with Gasteiger partial charge in [-0.3, -0.25) is 4.79 Å². The van der Waals surface area contributed by atoms with Crippen molar-refractivity contribution >= 4 is 23.2 Å². The van der Waals surface area contributed by atoms with Crippen LogP contribution in [0.3, 0.4) is 0 Å². The summed E-state index contributed by atoms with van der Waals surface area (Å²) in [4.78, 5) is 14.2. The van der Waals surface area contributed by atoms with Gasteiger partial charge in [0.15, 0.2) is 5.75 Å². The SMILES string of the molecule is CC(C)CC(=O)N1CCC(Nc2ccccc2Oc2ccc(Cl)cc2)CC1. The highest BCUT2D eigenvalue weighted by Gasteiger charge is 2.23. The fourth-order valence-corrected chi connectivity index (χ4v) is 3.40. The average molecular weight is 387 g/mol. The Bertz CT molecular complexity index is 753. The fraction of sp³-hybridized carbons (Fsp3) is 0.409. The second kappa shape index (κ2) is 9.14. The first-order chi connectivity index (χ1) is 13.0. The van der Waals surface area contributed by atoms with Crippen LogP contribution >= 0.6 is 11.6 Å². The molecule has 1 amide bonds. The van der Waals surface area contributed by atoms with Crippen molar-refractivity contribution in [1.82, 2.24) is 4.90 Å². The average Bonchev–Trinajstić information content (AvgIpc) is 2.65. The second-order valence-electron chi connectivity index (χ2n) is 7.45. The highest BCUT2D eigenvalue weighted by atomic mass is 35.5. The lowest BCUT2D eigenvalue weighted by Crippen LogP contribution is -2.42. The molecule has 0 saturated carbocycles. The molecule has 0 bridgehead atoms. The number of carbonyl (C=O) groups excluding carboxylic acids is 1. The van der Waals surface area contributed by atoms with Crippen LogP contribution in [0.5, 0.6) is 11.5 Å². The monoisotopic (exact) mass is 386 g/mol. The van der Waals surface area contributed by atoms with Gasteiger partial charge in [-0.2, -0.15) is 0 Å². The van der Waals surface area contributed by atoms with Crippen LogP contribution in [0.25, 0.3) is 0 Å². The number of carbonyl (C=O) groups is 1. The number of benzene rings is 2. The van der Waals surface area contributed by atoms with Crippen molar-refractivity contribution in [2.75, 3.05) is 18.4 Å². The molecule has 1 aliphatic rings. The molecule has 1 saturated heterocycles. The minimum absolute atomic E-state index is 0.273. The summed E-state index contributed by atoms with van der Waals surface area (Å²) < 4.78 is 6.02. The summed E-state index contributed by atoms with van der Waals surface area (Å²) in [6.07, 6.45) is 2.52. The molecule has 27 heavy (non-hydrogen) atoms. The van der Waals surface area contributed by atoms with E-state index in [-0.39, 0.29) is 5.91 Å². The molecule has 2 aromatic carbocycles. The Balaban J connectivity index is 1.59. The smallest absolute Gasteiger partial charge is 0.222 e. The number of hydrogen-bond acceptors (Lipinski definition) is 3. The molecule has 0 unspecified atom stereocenters. The molecular weight excluding hydrogens is 360 g/mol. The molecule has 144 valence electrons. The summed E-state index contributed by atoms with van der Waals surface area (Å²) in [5.74, 6) is 2.22. The zero-order chi connectivity index (χ0) is 19.2. The molecule has 3 rings (SSSR count). The number of rotatable bonds is 6. The Morgan fingerprint density at radius 1 is 1.15 bits per heavy atom. The summed E-state index contributed by atoms with van der Waals surface area (Å²) >= 11 is 5.94. The number of para-hydroxylation sites is 2. The number of nitrogens with zero attached hydrogens (tertiary/aromatic N) is 1. The fourth-order valence-electron chi connectivity index (χ4n) is 3.28. The second-order valence-corrected chi connectivity index (χ2v) is 7.89. The first-order valence-electron chi connectivity index (χ1n) is 9.58. The zero-order valence-corrected chi connectivity index (χ0v) is 16.7. The molecule has 1 fully saturated rings. The normalized spacial score (nSPS) is 15.0. The van der Waals surface area contributed by atoms with Crippen molar-refractivity contribution in [2.45, 2.75) is 39.2 Å². The highest BCUT2D eigenvalue weighted by Crippen LogP contribution is 2.31. The summed E-state index contributed by atoms with van der Waals surface area (Å²) in [5.41, 5.74) is 0.972. The van der Waals surface area contributed by atoms with Crippen LogP contribution in [0.1, 0.15) is 33.1 Å². The van der Waals surface area contributed by atoms with E-state index in [1.807, 2.05) is 53.4 Å². The van der Waals surface area contributed by atoms with Crippen molar-refractivity contribution < 1.29 is 9.53 Å². The van der Waals surface area contributed by atoms with Crippen LogP contribution in [-0.4, -0.2) is 29.9 Å². The first-order valence-corrected chi connectivity index (χ1v) is 9.96. The van der Waals surface area contributed by atoms with E-state index >= 15 is 0 Å². The largest absolute Gasteiger partial charge is 0.455 e. The van der Waals surface area contributed by atoms with Crippen molar-refractivity contribution in [3.63, 3.8) is 0 Å². The van der Waals surface area contributed by atoms with E-state index < -0.39 is 0 Å². The molecule has 2 aromatic rings. The Morgan fingerprint density at radius 3 is 2.48 bits per heavy atom. The predicted octanol–water partition coefficient (Wildman–Crippen LogP) is 5.58. The van der Waals surface area contributed by atoms with Gasteiger partial charge in [-0.1, -0.05) is 37.6 Å². The maximum atomic E-state index is 12.2. The summed E-state index contributed by atoms with van der Waals surface area (Å²) in [6.45, 7) is 5.79. The van der Waals surface area contributed by atoms with E-state index in [2.05, 4.69) is 19.2 Å². The van der Waals surface area contributed by atoms with Gasteiger partial charge in [0.2, 0.25) is 5.91 Å². The zero-order valence-electron chi connectivity index (χ0n) is 16.0. The lowest BCUT2D eigenvalue weighted by atomic mass is 10.0. The molecule has 0 radical (unpaired) electrons. The summed E-state index contributed by atoms with van der Waals surface area (Å²) in [6, 6.07) is 15.6. The highest BCUT2D eigenvalue weighted by molar-refractivity contribution is 6.30. The van der Waals surface area contributed by atoms with Gasteiger partial charge >= 0.3 is 0 Å². The van der Waals surface area contributed by atoms with Crippen LogP contribution in [0, 0.1) is 5.92 Å². The van der Waals surface area contributed by atoms with Crippen LogP contribution in [0.15, 0.2) is 48.5 Å². The van der Waals surface area contributed by atoms with Crippen LogP contribution in [-0.2, 0) is 4.79 Å². The molecule has 0 spiro atoms. The molecular formula is C22H27ClN2O2. The first kappa shape index (κ1) is 19.6. The van der Waals surface area contributed by atoms with Gasteiger partial charge < -0.3 is 15.0 Å².